The molecule has 0 spiro atoms. The van der Waals surface area contributed by atoms with Crippen LogP contribution in [0.3, 0.4) is 0 Å². The molecular formula is C12H16N2O4. The van der Waals surface area contributed by atoms with Crippen LogP contribution in [0.15, 0.2) is 24.3 Å². The Hall–Kier alpha value is -2.24. The second-order valence-corrected chi connectivity index (χ2v) is 4.64. The van der Waals surface area contributed by atoms with E-state index in [4.69, 9.17) is 9.84 Å². The molecule has 0 aliphatic carbocycles. The summed E-state index contributed by atoms with van der Waals surface area (Å²) in [6, 6.07) is 6.06. The molecule has 0 aliphatic rings. The number of hydrogen-bond donors (Lipinski definition) is 3. The lowest BCUT2D eigenvalue weighted by Crippen LogP contribution is -2.35. The summed E-state index contributed by atoms with van der Waals surface area (Å²) in [7, 11) is 0. The normalized spacial score (nSPS) is 10.6. The number of rotatable bonds is 3. The third kappa shape index (κ3) is 4.73. The highest BCUT2D eigenvalue weighted by Crippen LogP contribution is 2.10. The van der Waals surface area contributed by atoms with Gasteiger partial charge in [0.15, 0.2) is 0 Å². The number of hydrazine groups is 1. The van der Waals surface area contributed by atoms with Crippen LogP contribution in [0.25, 0.3) is 0 Å². The largest absolute Gasteiger partial charge is 0.478 e. The molecule has 1 amide bonds. The third-order valence-electron chi connectivity index (χ3n) is 1.82. The minimum absolute atomic E-state index is 0.131. The van der Waals surface area contributed by atoms with Crippen molar-refractivity contribution in [2.24, 2.45) is 0 Å². The van der Waals surface area contributed by atoms with Crippen molar-refractivity contribution in [3.63, 3.8) is 0 Å². The van der Waals surface area contributed by atoms with E-state index in [1.54, 1.807) is 32.9 Å². The van der Waals surface area contributed by atoms with Crippen LogP contribution >= 0.6 is 0 Å². The lowest BCUT2D eigenvalue weighted by molar-refractivity contribution is 0.0540. The Morgan fingerprint density at radius 2 is 1.94 bits per heavy atom. The quantitative estimate of drug-likeness (QED) is 0.718. The molecule has 3 N–H and O–H groups in total. The van der Waals surface area contributed by atoms with Crippen molar-refractivity contribution in [1.82, 2.24) is 5.43 Å². The summed E-state index contributed by atoms with van der Waals surface area (Å²) in [5, 5.41) is 8.80. The maximum absolute atomic E-state index is 11.3. The third-order valence-corrected chi connectivity index (χ3v) is 1.82. The van der Waals surface area contributed by atoms with Gasteiger partial charge < -0.3 is 9.84 Å². The summed E-state index contributed by atoms with van der Waals surface area (Å²) in [5.74, 6) is -1.03. The van der Waals surface area contributed by atoms with E-state index < -0.39 is 17.7 Å². The molecule has 0 aliphatic heterocycles. The fourth-order valence-electron chi connectivity index (χ4n) is 1.16. The molecule has 0 atom stereocenters. The summed E-state index contributed by atoms with van der Waals surface area (Å²) in [6.07, 6.45) is -0.636. The fraction of sp³-hybridized carbons (Fsp3) is 0.333. The first-order valence-corrected chi connectivity index (χ1v) is 5.36. The van der Waals surface area contributed by atoms with E-state index in [1.165, 1.54) is 12.1 Å². The van der Waals surface area contributed by atoms with Gasteiger partial charge in [-0.2, -0.15) is 0 Å². The number of carboxylic acid groups (broad SMARTS) is 1. The van der Waals surface area contributed by atoms with Gasteiger partial charge >= 0.3 is 12.1 Å². The number of amides is 1. The highest BCUT2D eigenvalue weighted by atomic mass is 16.6. The summed E-state index contributed by atoms with van der Waals surface area (Å²) in [6.45, 7) is 5.24. The second kappa shape index (κ2) is 5.39. The van der Waals surface area contributed by atoms with Crippen LogP contribution in [0, 0.1) is 0 Å². The number of anilines is 1. The Morgan fingerprint density at radius 3 is 2.50 bits per heavy atom. The highest BCUT2D eigenvalue weighted by Gasteiger charge is 2.15. The first kappa shape index (κ1) is 13.8. The molecule has 0 saturated carbocycles. The number of hydrogen-bond acceptors (Lipinski definition) is 4. The molecule has 0 bridgehead atoms. The van der Waals surface area contributed by atoms with Crippen molar-refractivity contribution in [3.8, 4) is 0 Å². The lowest BCUT2D eigenvalue weighted by Gasteiger charge is -2.20. The minimum atomic E-state index is -1.03. The predicted molar refractivity (Wildman–Crippen MR) is 66.4 cm³/mol. The van der Waals surface area contributed by atoms with E-state index in [-0.39, 0.29) is 5.56 Å². The molecule has 0 aromatic heterocycles. The highest BCUT2D eigenvalue weighted by molar-refractivity contribution is 5.88. The average molecular weight is 252 g/mol. The molecule has 0 heterocycles. The monoisotopic (exact) mass is 252 g/mol. The molecule has 1 aromatic rings. The summed E-state index contributed by atoms with van der Waals surface area (Å²) < 4.78 is 5.01. The Labute approximate surface area is 105 Å². The van der Waals surface area contributed by atoms with Gasteiger partial charge in [0.05, 0.1) is 11.3 Å². The lowest BCUT2D eigenvalue weighted by atomic mass is 10.2. The van der Waals surface area contributed by atoms with Crippen molar-refractivity contribution in [2.45, 2.75) is 26.4 Å². The Morgan fingerprint density at radius 1 is 1.28 bits per heavy atom. The van der Waals surface area contributed by atoms with E-state index in [0.717, 1.165) is 0 Å². The van der Waals surface area contributed by atoms with Crippen LogP contribution in [0.1, 0.15) is 31.1 Å². The molecule has 6 nitrogen and oxygen atoms in total. The molecule has 98 valence electrons. The van der Waals surface area contributed by atoms with E-state index >= 15 is 0 Å². The topological polar surface area (TPSA) is 87.7 Å². The van der Waals surface area contributed by atoms with Gasteiger partial charge in [0.25, 0.3) is 0 Å². The van der Waals surface area contributed by atoms with Gasteiger partial charge in [0.2, 0.25) is 0 Å². The van der Waals surface area contributed by atoms with Crippen molar-refractivity contribution in [2.75, 3.05) is 5.43 Å². The standard InChI is InChI=1S/C12H16N2O4/c1-12(2,3)18-11(17)14-13-9-6-4-5-8(7-9)10(15)16/h4-7,13H,1-3H3,(H,14,17)(H,15,16). The maximum atomic E-state index is 11.3. The van der Waals surface area contributed by atoms with Gasteiger partial charge in [-0.1, -0.05) is 6.07 Å². The van der Waals surface area contributed by atoms with E-state index in [1.807, 2.05) is 0 Å². The first-order chi connectivity index (χ1) is 8.28. The zero-order valence-corrected chi connectivity index (χ0v) is 10.5. The van der Waals surface area contributed by atoms with Crippen LogP contribution in [0.4, 0.5) is 10.5 Å². The number of nitrogens with one attached hydrogen (secondary N) is 2. The Bertz CT molecular complexity index is 452. The zero-order valence-electron chi connectivity index (χ0n) is 10.5. The van der Waals surface area contributed by atoms with Gasteiger partial charge in [-0.15, -0.1) is 0 Å². The summed E-state index contributed by atoms with van der Waals surface area (Å²) in [5.41, 5.74) is 4.89. The number of carbonyl (C=O) groups excluding carboxylic acids is 1. The smallest absolute Gasteiger partial charge is 0.426 e. The van der Waals surface area contributed by atoms with Gasteiger partial charge in [0.1, 0.15) is 5.60 Å². The number of carboxylic acids is 1. The van der Waals surface area contributed by atoms with Gasteiger partial charge in [-0.05, 0) is 39.0 Å². The van der Waals surface area contributed by atoms with Crippen LogP contribution in [-0.4, -0.2) is 22.8 Å². The first-order valence-electron chi connectivity index (χ1n) is 5.36. The molecule has 1 aromatic carbocycles. The number of aromatic carboxylic acids is 1. The van der Waals surface area contributed by atoms with E-state index in [9.17, 15) is 9.59 Å². The molecule has 1 rings (SSSR count). The molecular weight excluding hydrogens is 236 g/mol. The van der Waals surface area contributed by atoms with Crippen LogP contribution in [0.5, 0.6) is 0 Å². The molecule has 18 heavy (non-hydrogen) atoms. The predicted octanol–water partition coefficient (Wildman–Crippen LogP) is 2.24. The van der Waals surface area contributed by atoms with Gasteiger partial charge in [-0.25, -0.2) is 15.0 Å². The van der Waals surface area contributed by atoms with Crippen LogP contribution < -0.4 is 10.9 Å². The minimum Gasteiger partial charge on any atom is -0.478 e. The maximum Gasteiger partial charge on any atom is 0.426 e. The summed E-state index contributed by atoms with van der Waals surface area (Å²) >= 11 is 0. The fourth-order valence-corrected chi connectivity index (χ4v) is 1.16. The van der Waals surface area contributed by atoms with Gasteiger partial charge in [0, 0.05) is 0 Å². The molecule has 0 fully saturated rings. The average Bonchev–Trinajstić information content (AvgIpc) is 2.24. The van der Waals surface area contributed by atoms with Crippen LogP contribution in [0.2, 0.25) is 0 Å². The number of ether oxygens (including phenoxy) is 1. The van der Waals surface area contributed by atoms with E-state index in [0.29, 0.717) is 5.69 Å². The Balaban J connectivity index is 2.56. The zero-order chi connectivity index (χ0) is 13.8. The molecule has 6 heteroatoms. The SMILES string of the molecule is CC(C)(C)OC(=O)NNc1cccc(C(=O)O)c1. The summed E-state index contributed by atoms with van der Waals surface area (Å²) in [4.78, 5) is 22.1. The molecule has 0 unspecified atom stereocenters. The second-order valence-electron chi connectivity index (χ2n) is 4.64. The van der Waals surface area contributed by atoms with Crippen LogP contribution in [-0.2, 0) is 4.74 Å². The number of carbonyl (C=O) groups is 2. The molecule has 0 radical (unpaired) electrons. The van der Waals surface area contributed by atoms with Crippen molar-refractivity contribution in [1.29, 1.82) is 0 Å². The van der Waals surface area contributed by atoms with Crippen molar-refractivity contribution in [3.05, 3.63) is 29.8 Å². The number of benzene rings is 1. The Kier molecular flexibility index (Phi) is 4.14. The van der Waals surface area contributed by atoms with Crippen molar-refractivity contribution < 1.29 is 19.4 Å². The molecule has 0 saturated heterocycles. The van der Waals surface area contributed by atoms with Crippen molar-refractivity contribution >= 4 is 17.7 Å². The van der Waals surface area contributed by atoms with Gasteiger partial charge in [-0.3, -0.25) is 5.43 Å². The van der Waals surface area contributed by atoms with E-state index in [2.05, 4.69) is 10.9 Å².